The molecular weight excluding hydrogens is 309 g/mol. The van der Waals surface area contributed by atoms with Crippen molar-refractivity contribution in [1.29, 1.82) is 0 Å². The smallest absolute Gasteiger partial charge is 0.223 e. The van der Waals surface area contributed by atoms with E-state index in [0.29, 0.717) is 28.9 Å². The number of halogens is 2. The Kier molecular flexibility index (Phi) is 5.90. The monoisotopic (exact) mass is 323 g/mol. The fraction of sp³-hybridized carbons (Fsp3) is 0.188. The number of ether oxygens (including phenoxy) is 1. The fourth-order valence-electron chi connectivity index (χ4n) is 1.74. The topological polar surface area (TPSA) is 38.3 Å². The Bertz CT molecular complexity index is 617. The van der Waals surface area contributed by atoms with Gasteiger partial charge in [0, 0.05) is 16.6 Å². The average Bonchev–Trinajstić information content (AvgIpc) is 2.46. The van der Waals surface area contributed by atoms with Crippen molar-refractivity contribution in [1.82, 2.24) is 5.32 Å². The minimum atomic E-state index is -0.0862. The molecule has 1 amide bonds. The molecule has 21 heavy (non-hydrogen) atoms. The average molecular weight is 324 g/mol. The molecule has 110 valence electrons. The van der Waals surface area contributed by atoms with Gasteiger partial charge in [-0.3, -0.25) is 4.79 Å². The first kappa shape index (κ1) is 15.7. The summed E-state index contributed by atoms with van der Waals surface area (Å²) in [5, 5.41) is 4.06. The molecule has 0 spiro atoms. The van der Waals surface area contributed by atoms with Gasteiger partial charge in [0.25, 0.3) is 0 Å². The van der Waals surface area contributed by atoms with Crippen LogP contribution >= 0.6 is 23.2 Å². The zero-order valence-electron chi connectivity index (χ0n) is 11.3. The van der Waals surface area contributed by atoms with Crippen molar-refractivity contribution in [3.05, 3.63) is 64.1 Å². The largest absolute Gasteiger partial charge is 0.493 e. The van der Waals surface area contributed by atoms with Crippen LogP contribution in [-0.2, 0) is 11.3 Å². The van der Waals surface area contributed by atoms with E-state index in [9.17, 15) is 4.79 Å². The maximum atomic E-state index is 11.7. The van der Waals surface area contributed by atoms with Gasteiger partial charge in [-0.2, -0.15) is 0 Å². The van der Waals surface area contributed by atoms with Gasteiger partial charge in [0.2, 0.25) is 5.91 Å². The third-order valence-electron chi connectivity index (χ3n) is 2.83. The second kappa shape index (κ2) is 7.91. The van der Waals surface area contributed by atoms with Crippen LogP contribution in [0.2, 0.25) is 10.0 Å². The van der Waals surface area contributed by atoms with Crippen LogP contribution < -0.4 is 10.1 Å². The van der Waals surface area contributed by atoms with Crippen molar-refractivity contribution in [2.75, 3.05) is 6.61 Å². The van der Waals surface area contributed by atoms with Crippen LogP contribution in [0.1, 0.15) is 12.0 Å². The maximum Gasteiger partial charge on any atom is 0.223 e. The lowest BCUT2D eigenvalue weighted by Gasteiger charge is -2.08. The molecule has 2 rings (SSSR count). The lowest BCUT2D eigenvalue weighted by molar-refractivity contribution is -0.121. The summed E-state index contributed by atoms with van der Waals surface area (Å²) in [6.07, 6.45) is 0.275. The molecule has 5 heteroatoms. The zero-order valence-corrected chi connectivity index (χ0v) is 12.8. The molecule has 0 saturated heterocycles. The van der Waals surface area contributed by atoms with Crippen LogP contribution in [0.5, 0.6) is 5.75 Å². The van der Waals surface area contributed by atoms with Crippen LogP contribution in [0.15, 0.2) is 48.5 Å². The molecule has 1 N–H and O–H groups in total. The zero-order chi connectivity index (χ0) is 15.1. The molecular formula is C16H15Cl2NO2. The second-order valence-corrected chi connectivity index (χ2v) is 5.27. The Morgan fingerprint density at radius 2 is 1.90 bits per heavy atom. The van der Waals surface area contributed by atoms with Gasteiger partial charge < -0.3 is 10.1 Å². The summed E-state index contributed by atoms with van der Waals surface area (Å²) in [7, 11) is 0. The van der Waals surface area contributed by atoms with Crippen molar-refractivity contribution in [3.63, 3.8) is 0 Å². The summed E-state index contributed by atoms with van der Waals surface area (Å²) in [6, 6.07) is 14.5. The van der Waals surface area contributed by atoms with E-state index in [1.54, 1.807) is 30.3 Å². The van der Waals surface area contributed by atoms with E-state index in [2.05, 4.69) is 5.32 Å². The van der Waals surface area contributed by atoms with Gasteiger partial charge in [-0.05, 0) is 29.8 Å². The van der Waals surface area contributed by atoms with Crippen molar-refractivity contribution in [2.45, 2.75) is 13.0 Å². The van der Waals surface area contributed by atoms with Crippen LogP contribution in [0.25, 0.3) is 0 Å². The summed E-state index contributed by atoms with van der Waals surface area (Å²) >= 11 is 11.9. The van der Waals surface area contributed by atoms with Crippen LogP contribution in [-0.4, -0.2) is 12.5 Å². The van der Waals surface area contributed by atoms with Gasteiger partial charge in [0.05, 0.1) is 13.0 Å². The van der Waals surface area contributed by atoms with Gasteiger partial charge in [0.1, 0.15) is 5.75 Å². The van der Waals surface area contributed by atoms with Gasteiger partial charge in [-0.1, -0.05) is 47.5 Å². The molecule has 0 atom stereocenters. The molecule has 0 heterocycles. The van der Waals surface area contributed by atoms with E-state index < -0.39 is 0 Å². The van der Waals surface area contributed by atoms with E-state index in [4.69, 9.17) is 27.9 Å². The van der Waals surface area contributed by atoms with Gasteiger partial charge in [0.15, 0.2) is 0 Å². The molecule has 0 aliphatic heterocycles. The third-order valence-corrected chi connectivity index (χ3v) is 3.43. The number of hydrogen-bond acceptors (Lipinski definition) is 2. The Labute approximate surface area is 133 Å². The van der Waals surface area contributed by atoms with E-state index in [-0.39, 0.29) is 12.3 Å². The van der Waals surface area contributed by atoms with E-state index in [0.717, 1.165) is 5.56 Å². The highest BCUT2D eigenvalue weighted by atomic mass is 35.5. The molecule has 0 saturated carbocycles. The standard InChI is InChI=1S/C16H15Cl2NO2/c17-13-5-3-6-14(10-13)21-9-8-16(20)19-11-12-4-1-2-7-15(12)18/h1-7,10H,8-9,11H2,(H,19,20). The van der Waals surface area contributed by atoms with Crippen LogP contribution in [0.4, 0.5) is 0 Å². The Balaban J connectivity index is 1.72. The van der Waals surface area contributed by atoms with E-state index in [1.807, 2.05) is 18.2 Å². The molecule has 0 aliphatic rings. The SMILES string of the molecule is O=C(CCOc1cccc(Cl)c1)NCc1ccccc1Cl. The molecule has 0 unspecified atom stereocenters. The third kappa shape index (κ3) is 5.29. The highest BCUT2D eigenvalue weighted by molar-refractivity contribution is 6.31. The van der Waals surface area contributed by atoms with E-state index >= 15 is 0 Å². The van der Waals surface area contributed by atoms with E-state index in [1.165, 1.54) is 0 Å². The van der Waals surface area contributed by atoms with Crippen LogP contribution in [0, 0.1) is 0 Å². The summed E-state index contributed by atoms with van der Waals surface area (Å²) in [4.78, 5) is 11.7. The number of amides is 1. The summed E-state index contributed by atoms with van der Waals surface area (Å²) < 4.78 is 5.46. The number of hydrogen-bond donors (Lipinski definition) is 1. The quantitative estimate of drug-likeness (QED) is 0.869. The predicted octanol–water partition coefficient (Wildman–Crippen LogP) is 4.08. The Hall–Kier alpha value is -1.71. The number of carbonyl (C=O) groups is 1. The Morgan fingerprint density at radius 3 is 2.67 bits per heavy atom. The van der Waals surface area contributed by atoms with Crippen molar-refractivity contribution < 1.29 is 9.53 Å². The highest BCUT2D eigenvalue weighted by Crippen LogP contribution is 2.17. The van der Waals surface area contributed by atoms with Crippen LogP contribution in [0.3, 0.4) is 0 Å². The summed E-state index contributed by atoms with van der Waals surface area (Å²) in [6.45, 7) is 0.713. The molecule has 0 aliphatic carbocycles. The van der Waals surface area contributed by atoms with Gasteiger partial charge in [-0.25, -0.2) is 0 Å². The second-order valence-electron chi connectivity index (χ2n) is 4.42. The molecule has 0 fully saturated rings. The summed E-state index contributed by atoms with van der Waals surface area (Å²) in [5.74, 6) is 0.568. The van der Waals surface area contributed by atoms with Crippen molar-refractivity contribution in [2.24, 2.45) is 0 Å². The fourth-order valence-corrected chi connectivity index (χ4v) is 2.13. The van der Waals surface area contributed by atoms with Crippen molar-refractivity contribution in [3.8, 4) is 5.75 Å². The predicted molar refractivity (Wildman–Crippen MR) is 84.9 cm³/mol. The first-order valence-electron chi connectivity index (χ1n) is 6.53. The molecule has 2 aromatic rings. The maximum absolute atomic E-state index is 11.7. The number of benzene rings is 2. The van der Waals surface area contributed by atoms with Gasteiger partial charge in [-0.15, -0.1) is 0 Å². The Morgan fingerprint density at radius 1 is 1.10 bits per heavy atom. The van der Waals surface area contributed by atoms with Crippen molar-refractivity contribution >= 4 is 29.1 Å². The molecule has 2 aromatic carbocycles. The minimum absolute atomic E-state index is 0.0862. The number of rotatable bonds is 6. The molecule has 0 bridgehead atoms. The molecule has 3 nitrogen and oxygen atoms in total. The van der Waals surface area contributed by atoms with Gasteiger partial charge >= 0.3 is 0 Å². The lowest BCUT2D eigenvalue weighted by Crippen LogP contribution is -2.24. The number of nitrogens with one attached hydrogen (secondary N) is 1. The number of carbonyl (C=O) groups excluding carboxylic acids is 1. The minimum Gasteiger partial charge on any atom is -0.493 e. The normalized spacial score (nSPS) is 10.2. The molecule has 0 aromatic heterocycles. The first-order valence-corrected chi connectivity index (χ1v) is 7.29. The highest BCUT2D eigenvalue weighted by Gasteiger charge is 2.04. The summed E-state index contributed by atoms with van der Waals surface area (Å²) in [5.41, 5.74) is 0.892. The molecule has 0 radical (unpaired) electrons. The first-order chi connectivity index (χ1) is 10.1. The lowest BCUT2D eigenvalue weighted by atomic mass is 10.2.